The van der Waals surface area contributed by atoms with Crippen LogP contribution in [-0.4, -0.2) is 12.2 Å². The summed E-state index contributed by atoms with van der Waals surface area (Å²) < 4.78 is 31.9. The number of ether oxygens (including phenoxy) is 1. The molecule has 0 saturated carbocycles. The van der Waals surface area contributed by atoms with Gasteiger partial charge in [-0.1, -0.05) is 26.0 Å². The molecule has 2 aromatic carbocycles. The summed E-state index contributed by atoms with van der Waals surface area (Å²) in [6, 6.07) is 11.0. The molecule has 134 valence electrons. The van der Waals surface area contributed by atoms with E-state index in [0.29, 0.717) is 5.92 Å². The van der Waals surface area contributed by atoms with Crippen LogP contribution in [0.15, 0.2) is 42.5 Å². The fourth-order valence-electron chi connectivity index (χ4n) is 2.49. The SMILES string of the molecule is COc1ccc([C@@H](CC(C)C)NC(=S)Nc2ccc(F)cc2F)cc1. The topological polar surface area (TPSA) is 33.3 Å². The van der Waals surface area contributed by atoms with E-state index in [-0.39, 0.29) is 16.8 Å². The summed E-state index contributed by atoms with van der Waals surface area (Å²) in [7, 11) is 1.62. The van der Waals surface area contributed by atoms with Gasteiger partial charge in [-0.25, -0.2) is 8.78 Å². The first-order chi connectivity index (χ1) is 11.9. The zero-order valence-corrected chi connectivity index (χ0v) is 15.3. The number of hydrogen-bond donors (Lipinski definition) is 2. The van der Waals surface area contributed by atoms with Crippen molar-refractivity contribution in [2.24, 2.45) is 5.92 Å². The molecule has 0 radical (unpaired) electrons. The van der Waals surface area contributed by atoms with Crippen LogP contribution in [0, 0.1) is 17.6 Å². The third-order valence-corrected chi connectivity index (χ3v) is 3.93. The Balaban J connectivity index is 2.11. The van der Waals surface area contributed by atoms with Gasteiger partial charge in [-0.15, -0.1) is 0 Å². The lowest BCUT2D eigenvalue weighted by Gasteiger charge is -2.23. The van der Waals surface area contributed by atoms with Gasteiger partial charge < -0.3 is 15.4 Å². The van der Waals surface area contributed by atoms with E-state index >= 15 is 0 Å². The van der Waals surface area contributed by atoms with Crippen LogP contribution in [0.3, 0.4) is 0 Å². The molecule has 2 aromatic rings. The molecule has 25 heavy (non-hydrogen) atoms. The largest absolute Gasteiger partial charge is 0.497 e. The van der Waals surface area contributed by atoms with Crippen LogP contribution in [0.2, 0.25) is 0 Å². The zero-order valence-electron chi connectivity index (χ0n) is 14.5. The van der Waals surface area contributed by atoms with Crippen LogP contribution in [0.1, 0.15) is 31.9 Å². The number of hydrogen-bond acceptors (Lipinski definition) is 2. The predicted octanol–water partition coefficient (Wildman–Crippen LogP) is 5.05. The van der Waals surface area contributed by atoms with Crippen LogP contribution in [0.5, 0.6) is 5.75 Å². The summed E-state index contributed by atoms with van der Waals surface area (Å²) in [6.45, 7) is 4.24. The second kappa shape index (κ2) is 8.76. The van der Waals surface area contributed by atoms with Crippen LogP contribution >= 0.6 is 12.2 Å². The van der Waals surface area contributed by atoms with Gasteiger partial charge in [0.15, 0.2) is 5.11 Å². The van der Waals surface area contributed by atoms with Crippen molar-refractivity contribution >= 4 is 23.0 Å². The predicted molar refractivity (Wildman–Crippen MR) is 101 cm³/mol. The third kappa shape index (κ3) is 5.67. The fourth-order valence-corrected chi connectivity index (χ4v) is 2.75. The molecule has 1 atom stereocenters. The van der Waals surface area contributed by atoms with E-state index in [1.807, 2.05) is 24.3 Å². The highest BCUT2D eigenvalue weighted by atomic mass is 32.1. The van der Waals surface area contributed by atoms with Crippen molar-refractivity contribution in [3.63, 3.8) is 0 Å². The molecule has 6 heteroatoms. The van der Waals surface area contributed by atoms with E-state index in [9.17, 15) is 8.78 Å². The summed E-state index contributed by atoms with van der Waals surface area (Å²) in [5.74, 6) is -0.0991. The number of benzene rings is 2. The lowest BCUT2D eigenvalue weighted by Crippen LogP contribution is -2.33. The lowest BCUT2D eigenvalue weighted by molar-refractivity contribution is 0.414. The molecule has 0 fully saturated rings. The minimum atomic E-state index is -0.686. The van der Waals surface area contributed by atoms with Gasteiger partial charge in [0.25, 0.3) is 0 Å². The molecule has 0 aliphatic carbocycles. The van der Waals surface area contributed by atoms with Crippen molar-refractivity contribution in [3.05, 3.63) is 59.7 Å². The fraction of sp³-hybridized carbons (Fsp3) is 0.316. The van der Waals surface area contributed by atoms with E-state index in [2.05, 4.69) is 24.5 Å². The summed E-state index contributed by atoms with van der Waals surface area (Å²) in [5, 5.41) is 6.28. The normalized spacial score (nSPS) is 11.9. The Kier molecular flexibility index (Phi) is 6.70. The molecule has 3 nitrogen and oxygen atoms in total. The van der Waals surface area contributed by atoms with Crippen molar-refractivity contribution in [2.45, 2.75) is 26.3 Å². The van der Waals surface area contributed by atoms with Gasteiger partial charge >= 0.3 is 0 Å². The van der Waals surface area contributed by atoms with Gasteiger partial charge in [0, 0.05) is 6.07 Å². The van der Waals surface area contributed by atoms with Gasteiger partial charge in [0.2, 0.25) is 0 Å². The van der Waals surface area contributed by atoms with E-state index in [1.165, 1.54) is 12.1 Å². The quantitative estimate of drug-likeness (QED) is 0.703. The molecule has 0 aliphatic rings. The second-order valence-electron chi connectivity index (χ2n) is 6.18. The molecule has 0 aliphatic heterocycles. The van der Waals surface area contributed by atoms with Crippen LogP contribution in [-0.2, 0) is 0 Å². The number of halogens is 2. The molecule has 0 amide bonds. The van der Waals surface area contributed by atoms with Gasteiger partial charge in [0.05, 0.1) is 18.8 Å². The van der Waals surface area contributed by atoms with E-state index in [0.717, 1.165) is 23.8 Å². The van der Waals surface area contributed by atoms with Crippen LogP contribution in [0.4, 0.5) is 14.5 Å². The Hall–Kier alpha value is -2.21. The first-order valence-corrected chi connectivity index (χ1v) is 8.46. The summed E-state index contributed by atoms with van der Waals surface area (Å²) in [4.78, 5) is 0. The number of methoxy groups -OCH3 is 1. The minimum Gasteiger partial charge on any atom is -0.497 e. The van der Waals surface area contributed by atoms with Gasteiger partial charge in [-0.05, 0) is 54.4 Å². The Morgan fingerprint density at radius 1 is 1.12 bits per heavy atom. The Morgan fingerprint density at radius 3 is 2.36 bits per heavy atom. The maximum Gasteiger partial charge on any atom is 0.171 e. The third-order valence-electron chi connectivity index (χ3n) is 3.71. The molecular formula is C19H22F2N2OS. The summed E-state index contributed by atoms with van der Waals surface area (Å²) in [6.07, 6.45) is 0.847. The van der Waals surface area contributed by atoms with Gasteiger partial charge in [0.1, 0.15) is 17.4 Å². The highest BCUT2D eigenvalue weighted by molar-refractivity contribution is 7.80. The monoisotopic (exact) mass is 364 g/mol. The van der Waals surface area contributed by atoms with Crippen LogP contribution < -0.4 is 15.4 Å². The molecular weight excluding hydrogens is 342 g/mol. The zero-order chi connectivity index (χ0) is 18.4. The Bertz CT molecular complexity index is 720. The van der Waals surface area contributed by atoms with Crippen molar-refractivity contribution in [1.29, 1.82) is 0 Å². The highest BCUT2D eigenvalue weighted by Gasteiger charge is 2.15. The summed E-state index contributed by atoms with van der Waals surface area (Å²) in [5.41, 5.74) is 1.19. The average molecular weight is 364 g/mol. The van der Waals surface area contributed by atoms with Gasteiger partial charge in [-0.2, -0.15) is 0 Å². The highest BCUT2D eigenvalue weighted by Crippen LogP contribution is 2.24. The second-order valence-corrected chi connectivity index (χ2v) is 6.59. The standard InChI is InChI=1S/C19H22F2N2OS/c1-12(2)10-18(13-4-7-15(24-3)8-5-13)23-19(25)22-17-9-6-14(20)11-16(17)21/h4-9,11-12,18H,10H2,1-3H3,(H2,22,23,25)/t18-/m1/s1. The van der Waals surface area contributed by atoms with E-state index in [1.54, 1.807) is 7.11 Å². The number of thiocarbonyl (C=S) groups is 1. The molecule has 0 aromatic heterocycles. The lowest BCUT2D eigenvalue weighted by atomic mass is 9.97. The van der Waals surface area contributed by atoms with Crippen molar-refractivity contribution < 1.29 is 13.5 Å². The maximum atomic E-state index is 13.8. The first-order valence-electron chi connectivity index (χ1n) is 8.05. The Labute approximate surface area is 152 Å². The smallest absolute Gasteiger partial charge is 0.171 e. The molecule has 0 unspecified atom stereocenters. The average Bonchev–Trinajstić information content (AvgIpc) is 2.56. The van der Waals surface area contributed by atoms with Crippen molar-refractivity contribution in [2.75, 3.05) is 12.4 Å². The molecule has 0 saturated heterocycles. The van der Waals surface area contributed by atoms with E-state index < -0.39 is 11.6 Å². The molecule has 0 bridgehead atoms. The van der Waals surface area contributed by atoms with Gasteiger partial charge in [-0.3, -0.25) is 0 Å². The molecule has 2 rings (SSSR count). The number of rotatable bonds is 6. The maximum absolute atomic E-state index is 13.8. The molecule has 0 spiro atoms. The minimum absolute atomic E-state index is 0.0329. The van der Waals surface area contributed by atoms with E-state index in [4.69, 9.17) is 17.0 Å². The first kappa shape index (κ1) is 19.1. The number of anilines is 1. The molecule has 2 N–H and O–H groups in total. The number of nitrogens with one attached hydrogen (secondary N) is 2. The Morgan fingerprint density at radius 2 is 1.80 bits per heavy atom. The van der Waals surface area contributed by atoms with Crippen LogP contribution in [0.25, 0.3) is 0 Å². The molecule has 0 heterocycles. The van der Waals surface area contributed by atoms with Crippen molar-refractivity contribution in [1.82, 2.24) is 5.32 Å². The van der Waals surface area contributed by atoms with Crippen molar-refractivity contribution in [3.8, 4) is 5.75 Å². The summed E-state index contributed by atoms with van der Waals surface area (Å²) >= 11 is 5.30.